The summed E-state index contributed by atoms with van der Waals surface area (Å²) >= 11 is 5.94. The van der Waals surface area contributed by atoms with E-state index in [1.54, 1.807) is 43.3 Å². The van der Waals surface area contributed by atoms with Gasteiger partial charge in [-0.05, 0) is 36.8 Å². The molecule has 26 heavy (non-hydrogen) atoms. The van der Waals surface area contributed by atoms with Crippen molar-refractivity contribution >= 4 is 35.0 Å². The van der Waals surface area contributed by atoms with E-state index in [2.05, 4.69) is 10.4 Å². The number of carbonyl (C=O) groups is 2. The van der Waals surface area contributed by atoms with E-state index in [1.165, 1.54) is 12.1 Å². The number of halogens is 1. The summed E-state index contributed by atoms with van der Waals surface area (Å²) in [6.45, 7) is 1.79. The van der Waals surface area contributed by atoms with Crippen LogP contribution in [-0.4, -0.2) is 36.4 Å². The van der Waals surface area contributed by atoms with Gasteiger partial charge in [0, 0.05) is 10.7 Å². The second-order valence-corrected chi connectivity index (χ2v) is 6.57. The molecule has 6 nitrogen and oxygen atoms in total. The molecule has 0 bridgehead atoms. The van der Waals surface area contributed by atoms with Crippen molar-refractivity contribution in [3.8, 4) is 0 Å². The molecule has 2 aromatic carbocycles. The summed E-state index contributed by atoms with van der Waals surface area (Å²) in [7, 11) is 1.32. The Morgan fingerprint density at radius 2 is 1.81 bits per heavy atom. The van der Waals surface area contributed by atoms with Crippen LogP contribution < -0.4 is 5.32 Å². The van der Waals surface area contributed by atoms with Crippen LogP contribution in [0.3, 0.4) is 0 Å². The molecule has 2 aromatic rings. The van der Waals surface area contributed by atoms with E-state index in [-0.39, 0.29) is 6.54 Å². The molecule has 2 amide bonds. The number of esters is 1. The Bertz CT molecular complexity index is 852. The summed E-state index contributed by atoms with van der Waals surface area (Å²) in [4.78, 5) is 25.0. The predicted molar refractivity (Wildman–Crippen MR) is 100 cm³/mol. The van der Waals surface area contributed by atoms with Crippen LogP contribution in [0.25, 0.3) is 0 Å². The number of hydrogen-bond acceptors (Lipinski definition) is 4. The van der Waals surface area contributed by atoms with Gasteiger partial charge >= 0.3 is 12.0 Å². The number of hydrogen-bond donors (Lipinski definition) is 1. The third kappa shape index (κ3) is 3.41. The molecular weight excluding hydrogens is 354 g/mol. The third-order valence-electron chi connectivity index (χ3n) is 4.22. The van der Waals surface area contributed by atoms with Crippen molar-refractivity contribution in [1.82, 2.24) is 5.01 Å². The van der Waals surface area contributed by atoms with Gasteiger partial charge in [0.05, 0.1) is 19.4 Å². The summed E-state index contributed by atoms with van der Waals surface area (Å²) in [6.07, 6.45) is 0. The number of benzene rings is 2. The molecule has 0 saturated carbocycles. The molecule has 1 heterocycles. The summed E-state index contributed by atoms with van der Waals surface area (Å²) < 4.78 is 4.95. The predicted octanol–water partition coefficient (Wildman–Crippen LogP) is 3.77. The van der Waals surface area contributed by atoms with Crippen molar-refractivity contribution in [3.63, 3.8) is 0 Å². The Morgan fingerprint density at radius 3 is 2.42 bits per heavy atom. The van der Waals surface area contributed by atoms with Crippen molar-refractivity contribution in [1.29, 1.82) is 0 Å². The van der Waals surface area contributed by atoms with Crippen LogP contribution in [0.1, 0.15) is 12.5 Å². The van der Waals surface area contributed by atoms with Gasteiger partial charge in [-0.2, -0.15) is 5.10 Å². The Morgan fingerprint density at radius 1 is 1.15 bits per heavy atom. The SMILES string of the molecule is COC(=O)[C@@]1(C)CN(C(=O)Nc2ccccc2)N=C1c1ccc(Cl)cc1. The van der Waals surface area contributed by atoms with Gasteiger partial charge in [0.25, 0.3) is 0 Å². The summed E-state index contributed by atoms with van der Waals surface area (Å²) in [5.41, 5.74) is 0.741. The normalized spacial score (nSPS) is 19.0. The molecule has 7 heteroatoms. The smallest absolute Gasteiger partial charge is 0.342 e. The molecule has 1 aliphatic rings. The Balaban J connectivity index is 1.92. The van der Waals surface area contributed by atoms with E-state index in [9.17, 15) is 9.59 Å². The van der Waals surface area contributed by atoms with E-state index in [0.29, 0.717) is 22.0 Å². The Labute approximate surface area is 156 Å². The van der Waals surface area contributed by atoms with Crippen molar-refractivity contribution in [2.24, 2.45) is 10.5 Å². The van der Waals surface area contributed by atoms with Crippen molar-refractivity contribution < 1.29 is 14.3 Å². The minimum atomic E-state index is -1.07. The lowest BCUT2D eigenvalue weighted by Gasteiger charge is -2.23. The highest BCUT2D eigenvalue weighted by atomic mass is 35.5. The molecular formula is C19H18ClN3O3. The van der Waals surface area contributed by atoms with Gasteiger partial charge in [-0.15, -0.1) is 0 Å². The average molecular weight is 372 g/mol. The molecule has 0 spiro atoms. The first-order valence-corrected chi connectivity index (χ1v) is 8.39. The molecule has 0 fully saturated rings. The topological polar surface area (TPSA) is 71.0 Å². The zero-order valence-corrected chi connectivity index (χ0v) is 15.2. The van der Waals surface area contributed by atoms with Gasteiger partial charge in [0.15, 0.2) is 0 Å². The second-order valence-electron chi connectivity index (χ2n) is 6.13. The van der Waals surface area contributed by atoms with Crippen LogP contribution in [0.5, 0.6) is 0 Å². The number of nitrogens with one attached hydrogen (secondary N) is 1. The van der Waals surface area contributed by atoms with E-state index in [4.69, 9.17) is 16.3 Å². The molecule has 0 saturated heterocycles. The maximum absolute atomic E-state index is 12.6. The zero-order valence-electron chi connectivity index (χ0n) is 14.4. The lowest BCUT2D eigenvalue weighted by atomic mass is 9.82. The fourth-order valence-corrected chi connectivity index (χ4v) is 2.96. The standard InChI is InChI=1S/C19H18ClN3O3/c1-19(17(24)26-2)12-23(18(25)21-15-6-4-3-5-7-15)22-16(19)13-8-10-14(20)11-9-13/h3-11H,12H2,1-2H3,(H,21,25)/t19-/m0/s1. The number of ether oxygens (including phenoxy) is 1. The molecule has 0 unspecified atom stereocenters. The highest BCUT2D eigenvalue weighted by Gasteiger charge is 2.48. The molecule has 0 radical (unpaired) electrons. The number of hydrazone groups is 1. The average Bonchev–Trinajstić information content (AvgIpc) is 3.01. The Hall–Kier alpha value is -2.86. The fourth-order valence-electron chi connectivity index (χ4n) is 2.84. The minimum Gasteiger partial charge on any atom is -0.468 e. The largest absolute Gasteiger partial charge is 0.468 e. The fraction of sp³-hybridized carbons (Fsp3) is 0.211. The van der Waals surface area contributed by atoms with Gasteiger partial charge in [0.1, 0.15) is 5.41 Å². The second kappa shape index (κ2) is 7.17. The van der Waals surface area contributed by atoms with Crippen LogP contribution in [0, 0.1) is 5.41 Å². The van der Waals surface area contributed by atoms with E-state index in [0.717, 1.165) is 0 Å². The van der Waals surface area contributed by atoms with Crippen LogP contribution in [0.2, 0.25) is 5.02 Å². The summed E-state index contributed by atoms with van der Waals surface area (Å²) in [5.74, 6) is -0.457. The van der Waals surface area contributed by atoms with Gasteiger partial charge in [-0.3, -0.25) is 4.79 Å². The van der Waals surface area contributed by atoms with Crippen LogP contribution >= 0.6 is 11.6 Å². The van der Waals surface area contributed by atoms with Crippen LogP contribution in [0.15, 0.2) is 59.7 Å². The maximum atomic E-state index is 12.6. The molecule has 1 atom stereocenters. The summed E-state index contributed by atoms with van der Waals surface area (Å²) in [5, 5.41) is 8.99. The highest BCUT2D eigenvalue weighted by Crippen LogP contribution is 2.33. The third-order valence-corrected chi connectivity index (χ3v) is 4.47. The highest BCUT2D eigenvalue weighted by molar-refractivity contribution is 6.30. The van der Waals surface area contributed by atoms with E-state index >= 15 is 0 Å². The van der Waals surface area contributed by atoms with Gasteiger partial charge < -0.3 is 10.1 Å². The zero-order chi connectivity index (χ0) is 18.7. The van der Waals surface area contributed by atoms with E-state index < -0.39 is 17.4 Å². The molecule has 0 aliphatic carbocycles. The number of urea groups is 1. The number of anilines is 1. The van der Waals surface area contributed by atoms with Gasteiger partial charge in [0.2, 0.25) is 0 Å². The lowest BCUT2D eigenvalue weighted by molar-refractivity contribution is -0.147. The number of methoxy groups -OCH3 is 1. The van der Waals surface area contributed by atoms with Gasteiger partial charge in [-0.1, -0.05) is 41.9 Å². The van der Waals surface area contributed by atoms with Crippen molar-refractivity contribution in [2.75, 3.05) is 19.0 Å². The van der Waals surface area contributed by atoms with Crippen LogP contribution in [-0.2, 0) is 9.53 Å². The molecule has 3 rings (SSSR count). The number of rotatable bonds is 3. The molecule has 134 valence electrons. The first-order chi connectivity index (χ1) is 12.4. The van der Waals surface area contributed by atoms with Crippen molar-refractivity contribution in [2.45, 2.75) is 6.92 Å². The number of amides is 2. The first-order valence-electron chi connectivity index (χ1n) is 8.01. The molecule has 0 aromatic heterocycles. The van der Waals surface area contributed by atoms with Gasteiger partial charge in [-0.25, -0.2) is 9.80 Å². The number of nitrogens with zero attached hydrogens (tertiary/aromatic N) is 2. The van der Waals surface area contributed by atoms with E-state index in [1.807, 2.05) is 18.2 Å². The number of para-hydroxylation sites is 1. The van der Waals surface area contributed by atoms with Crippen LogP contribution in [0.4, 0.5) is 10.5 Å². The molecule has 1 aliphatic heterocycles. The maximum Gasteiger partial charge on any atom is 0.342 e. The lowest BCUT2D eigenvalue weighted by Crippen LogP contribution is -2.42. The molecule has 1 N–H and O–H groups in total. The summed E-state index contributed by atoms with van der Waals surface area (Å²) in [6, 6.07) is 15.6. The minimum absolute atomic E-state index is 0.0797. The van der Waals surface area contributed by atoms with Crippen molar-refractivity contribution in [3.05, 3.63) is 65.2 Å². The quantitative estimate of drug-likeness (QED) is 0.835. The number of carbonyl (C=O) groups excluding carboxylic acids is 2. The monoisotopic (exact) mass is 371 g/mol. The first kappa shape index (κ1) is 17.9. The Kier molecular flexibility index (Phi) is 4.95.